The molecule has 1 N–H and O–H groups in total. The summed E-state index contributed by atoms with van der Waals surface area (Å²) in [5.41, 5.74) is 0.237. The first kappa shape index (κ1) is 17.7. The first-order valence-corrected chi connectivity index (χ1v) is 8.48. The molecule has 0 radical (unpaired) electrons. The Morgan fingerprint density at radius 2 is 2.00 bits per heavy atom. The number of anilines is 2. The molecular formula is C18H16N2O5S. The molecule has 0 fully saturated rings. The van der Waals surface area contributed by atoms with E-state index in [-0.39, 0.29) is 17.4 Å². The Morgan fingerprint density at radius 3 is 2.69 bits per heavy atom. The predicted octanol–water partition coefficient (Wildman–Crippen LogP) is 3.73. The summed E-state index contributed by atoms with van der Waals surface area (Å²) in [6.45, 7) is 1.31. The number of hydrogen-bond donors (Lipinski definition) is 1. The smallest absolute Gasteiger partial charge is 0.347 e. The first-order chi connectivity index (χ1) is 12.4. The summed E-state index contributed by atoms with van der Waals surface area (Å²) >= 11 is 1.25. The molecule has 2 heterocycles. The number of urea groups is 1. The highest BCUT2D eigenvalue weighted by atomic mass is 32.1. The van der Waals surface area contributed by atoms with E-state index < -0.39 is 5.63 Å². The van der Waals surface area contributed by atoms with Crippen LogP contribution in [-0.2, 0) is 0 Å². The van der Waals surface area contributed by atoms with Crippen molar-refractivity contribution < 1.29 is 18.7 Å². The molecule has 0 aliphatic heterocycles. The second-order valence-corrected chi connectivity index (χ2v) is 6.60. The monoisotopic (exact) mass is 372 g/mol. The zero-order chi connectivity index (χ0) is 18.8. The van der Waals surface area contributed by atoms with Gasteiger partial charge in [0, 0.05) is 24.9 Å². The Labute approximate surface area is 152 Å². The normalized spacial score (nSPS) is 10.6. The maximum absolute atomic E-state index is 12.5. The number of hydrogen-bond acceptors (Lipinski definition) is 6. The van der Waals surface area contributed by atoms with E-state index in [0.29, 0.717) is 26.7 Å². The molecule has 2 amide bonds. The molecule has 0 unspecified atom stereocenters. The molecule has 26 heavy (non-hydrogen) atoms. The molecular weight excluding hydrogens is 356 g/mol. The lowest BCUT2D eigenvalue weighted by Gasteiger charge is -2.16. The van der Waals surface area contributed by atoms with Crippen LogP contribution in [0.15, 0.2) is 45.6 Å². The third-order valence-electron chi connectivity index (χ3n) is 3.75. The molecule has 0 aliphatic rings. The fourth-order valence-corrected chi connectivity index (χ4v) is 3.31. The van der Waals surface area contributed by atoms with Gasteiger partial charge in [-0.25, -0.2) is 9.59 Å². The number of benzene rings is 1. The van der Waals surface area contributed by atoms with Crippen LogP contribution in [0.2, 0.25) is 0 Å². The zero-order valence-corrected chi connectivity index (χ0v) is 15.2. The van der Waals surface area contributed by atoms with Crippen LogP contribution < -0.4 is 20.6 Å². The fraction of sp³-hybridized carbons (Fsp3) is 0.167. The Kier molecular flexibility index (Phi) is 4.77. The second-order valence-electron chi connectivity index (χ2n) is 5.54. The predicted molar refractivity (Wildman–Crippen MR) is 101 cm³/mol. The van der Waals surface area contributed by atoms with Gasteiger partial charge in [-0.1, -0.05) is 6.07 Å². The lowest BCUT2D eigenvalue weighted by atomic mass is 10.2. The van der Waals surface area contributed by atoms with Crippen LogP contribution in [0.5, 0.6) is 5.75 Å². The number of rotatable bonds is 4. The van der Waals surface area contributed by atoms with Crippen LogP contribution in [0.4, 0.5) is 15.5 Å². The van der Waals surface area contributed by atoms with Gasteiger partial charge < -0.3 is 14.5 Å². The summed E-state index contributed by atoms with van der Waals surface area (Å²) in [5, 5.41) is 3.34. The van der Waals surface area contributed by atoms with Gasteiger partial charge in [-0.05, 0) is 25.1 Å². The van der Waals surface area contributed by atoms with Crippen molar-refractivity contribution in [1.29, 1.82) is 0 Å². The molecule has 0 aliphatic carbocycles. The Balaban J connectivity index is 1.86. The highest BCUT2D eigenvalue weighted by molar-refractivity contribution is 7.22. The van der Waals surface area contributed by atoms with E-state index in [1.165, 1.54) is 29.2 Å². The number of carbonyl (C=O) groups excluding carboxylic acids is 2. The highest BCUT2D eigenvalue weighted by Crippen LogP contribution is 2.32. The van der Waals surface area contributed by atoms with E-state index in [4.69, 9.17) is 9.15 Å². The van der Waals surface area contributed by atoms with Crippen molar-refractivity contribution in [1.82, 2.24) is 0 Å². The summed E-state index contributed by atoms with van der Waals surface area (Å²) in [6, 6.07) is 9.72. The van der Waals surface area contributed by atoms with Gasteiger partial charge in [0.1, 0.15) is 16.3 Å². The number of nitrogens with zero attached hydrogens (tertiary/aromatic N) is 1. The van der Waals surface area contributed by atoms with E-state index in [0.717, 1.165) is 0 Å². The molecule has 134 valence electrons. The summed E-state index contributed by atoms with van der Waals surface area (Å²) in [4.78, 5) is 37.1. The molecule has 0 atom stereocenters. The Hall–Kier alpha value is -3.13. The summed E-state index contributed by atoms with van der Waals surface area (Å²) in [6.07, 6.45) is 0. The third kappa shape index (κ3) is 3.45. The molecule has 8 heteroatoms. The number of methoxy groups -OCH3 is 1. The number of fused-ring (bicyclic) bond motifs is 1. The van der Waals surface area contributed by atoms with Crippen LogP contribution in [0.3, 0.4) is 0 Å². The summed E-state index contributed by atoms with van der Waals surface area (Å²) in [5.74, 6) is 0.269. The quantitative estimate of drug-likeness (QED) is 0.705. The molecule has 1 aromatic carbocycles. The van der Waals surface area contributed by atoms with Crippen molar-refractivity contribution in [2.75, 3.05) is 24.4 Å². The van der Waals surface area contributed by atoms with Gasteiger partial charge in [0.25, 0.3) is 0 Å². The molecule has 7 nitrogen and oxygen atoms in total. The number of Topliss-reactive ketones (excluding diaryl/α,β-unsaturated/α-hetero) is 1. The average molecular weight is 372 g/mol. The molecule has 2 aromatic heterocycles. The van der Waals surface area contributed by atoms with Gasteiger partial charge in [-0.2, -0.15) is 0 Å². The van der Waals surface area contributed by atoms with Crippen molar-refractivity contribution in [2.24, 2.45) is 0 Å². The molecule has 0 bridgehead atoms. The topological polar surface area (TPSA) is 88.8 Å². The van der Waals surface area contributed by atoms with Gasteiger partial charge in [-0.15, -0.1) is 11.3 Å². The Morgan fingerprint density at radius 1 is 1.23 bits per heavy atom. The minimum atomic E-state index is -0.683. The number of ether oxygens (including phenoxy) is 1. The first-order valence-electron chi connectivity index (χ1n) is 7.66. The Bertz CT molecular complexity index is 1050. The summed E-state index contributed by atoms with van der Waals surface area (Å²) in [7, 11) is 3.15. The van der Waals surface area contributed by atoms with Gasteiger partial charge in [0.2, 0.25) is 0 Å². The zero-order valence-electron chi connectivity index (χ0n) is 14.4. The number of carbonyl (C=O) groups is 2. The summed E-state index contributed by atoms with van der Waals surface area (Å²) < 4.78 is 10.9. The maximum atomic E-state index is 12.5. The SMILES string of the molecule is COc1cccc(NC(=O)N(C)c2cc3oc(=O)c(C(C)=O)cc3s2)c1. The van der Waals surface area contributed by atoms with E-state index in [1.54, 1.807) is 44.5 Å². The van der Waals surface area contributed by atoms with E-state index in [1.807, 2.05) is 0 Å². The van der Waals surface area contributed by atoms with Crippen LogP contribution in [0, 0.1) is 0 Å². The van der Waals surface area contributed by atoms with Crippen molar-refractivity contribution in [3.8, 4) is 5.75 Å². The average Bonchev–Trinajstić information content (AvgIpc) is 3.02. The van der Waals surface area contributed by atoms with Gasteiger partial charge in [0.15, 0.2) is 11.4 Å². The van der Waals surface area contributed by atoms with Crippen molar-refractivity contribution in [3.05, 3.63) is 52.4 Å². The lowest BCUT2D eigenvalue weighted by Crippen LogP contribution is -2.30. The number of thiophene rings is 1. The molecule has 0 saturated carbocycles. The van der Waals surface area contributed by atoms with Crippen molar-refractivity contribution >= 4 is 44.1 Å². The number of ketones is 1. The van der Waals surface area contributed by atoms with Gasteiger partial charge in [-0.3, -0.25) is 9.69 Å². The number of nitrogens with one attached hydrogen (secondary N) is 1. The molecule has 3 aromatic rings. The van der Waals surface area contributed by atoms with Gasteiger partial charge in [0.05, 0.1) is 11.8 Å². The minimum Gasteiger partial charge on any atom is -0.497 e. The van der Waals surface area contributed by atoms with Crippen molar-refractivity contribution in [3.63, 3.8) is 0 Å². The highest BCUT2D eigenvalue weighted by Gasteiger charge is 2.17. The molecule has 3 rings (SSSR count). The maximum Gasteiger partial charge on any atom is 0.347 e. The minimum absolute atomic E-state index is 0.00520. The fourth-order valence-electron chi connectivity index (χ4n) is 2.32. The lowest BCUT2D eigenvalue weighted by molar-refractivity contribution is 0.101. The molecule has 0 spiro atoms. The second kappa shape index (κ2) is 7.01. The van der Waals surface area contributed by atoms with Crippen LogP contribution in [-0.4, -0.2) is 26.0 Å². The van der Waals surface area contributed by atoms with E-state index >= 15 is 0 Å². The van der Waals surface area contributed by atoms with Crippen LogP contribution in [0.25, 0.3) is 10.3 Å². The standard InChI is InChI=1S/C18H16N2O5S/c1-10(21)13-8-15-14(25-17(13)22)9-16(26-15)20(2)18(23)19-11-5-4-6-12(7-11)24-3/h4-9H,1-3H3,(H,19,23). The number of amides is 2. The van der Waals surface area contributed by atoms with Crippen LogP contribution in [0.1, 0.15) is 17.3 Å². The largest absolute Gasteiger partial charge is 0.497 e. The van der Waals surface area contributed by atoms with Crippen LogP contribution >= 0.6 is 11.3 Å². The third-order valence-corrected chi connectivity index (χ3v) is 4.89. The molecule has 0 saturated heterocycles. The van der Waals surface area contributed by atoms with E-state index in [9.17, 15) is 14.4 Å². The van der Waals surface area contributed by atoms with E-state index in [2.05, 4.69) is 5.32 Å². The van der Waals surface area contributed by atoms with Crippen molar-refractivity contribution in [2.45, 2.75) is 6.92 Å². The van der Waals surface area contributed by atoms with Gasteiger partial charge >= 0.3 is 11.7 Å².